The third kappa shape index (κ3) is 1.90. The summed E-state index contributed by atoms with van der Waals surface area (Å²) >= 11 is 0. The predicted molar refractivity (Wildman–Crippen MR) is 34.0 cm³/mol. The van der Waals surface area contributed by atoms with Gasteiger partial charge in [0.2, 0.25) is 0 Å². The summed E-state index contributed by atoms with van der Waals surface area (Å²) in [6.07, 6.45) is 0. The van der Waals surface area contributed by atoms with Crippen LogP contribution in [-0.2, 0) is 4.79 Å². The van der Waals surface area contributed by atoms with Crippen molar-refractivity contribution in [3.05, 3.63) is 0 Å². The maximum absolute atomic E-state index is 12.4. The van der Waals surface area contributed by atoms with Crippen LogP contribution < -0.4 is 0 Å². The molecule has 0 amide bonds. The van der Waals surface area contributed by atoms with E-state index in [4.69, 9.17) is 5.11 Å². The van der Waals surface area contributed by atoms with E-state index in [1.807, 2.05) is 0 Å². The molecule has 3 nitrogen and oxygen atoms in total. The van der Waals surface area contributed by atoms with Crippen LogP contribution in [-0.4, -0.2) is 47.5 Å². The van der Waals surface area contributed by atoms with Gasteiger partial charge in [-0.1, -0.05) is 0 Å². The molecule has 0 bridgehead atoms. The average Bonchev–Trinajstić information content (AvgIpc) is 1.98. The van der Waals surface area contributed by atoms with Crippen LogP contribution in [0.25, 0.3) is 0 Å². The van der Waals surface area contributed by atoms with Gasteiger partial charge in [0.25, 0.3) is 0 Å². The van der Waals surface area contributed by atoms with Gasteiger partial charge in [-0.3, -0.25) is 9.69 Å². The molecule has 0 radical (unpaired) electrons. The summed E-state index contributed by atoms with van der Waals surface area (Å²) in [5.74, 6) is -9.64. The molecule has 1 rings (SSSR count). The zero-order chi connectivity index (χ0) is 10.3. The van der Waals surface area contributed by atoms with E-state index >= 15 is 0 Å². The number of likely N-dealkylation sites (tertiary alicyclic amines) is 1. The minimum Gasteiger partial charge on any atom is -0.480 e. The molecule has 76 valence electrons. The van der Waals surface area contributed by atoms with Gasteiger partial charge in [0.1, 0.15) is 0 Å². The number of hydrogen-bond acceptors (Lipinski definition) is 2. The van der Waals surface area contributed by atoms with Crippen molar-refractivity contribution >= 4 is 5.97 Å². The summed E-state index contributed by atoms with van der Waals surface area (Å²) in [6, 6.07) is 0. The molecule has 1 heterocycles. The monoisotopic (exact) mass is 201 g/mol. The Bertz CT molecular complexity index is 215. The first-order valence-corrected chi connectivity index (χ1v) is 3.44. The summed E-state index contributed by atoms with van der Waals surface area (Å²) in [5.41, 5.74) is 0. The van der Waals surface area contributed by atoms with E-state index in [1.165, 1.54) is 0 Å². The molecule has 0 aromatic carbocycles. The molecular formula is C6H7F4NO2. The third-order valence-corrected chi connectivity index (χ3v) is 1.74. The Morgan fingerprint density at radius 3 is 1.92 bits per heavy atom. The van der Waals surface area contributed by atoms with Crippen LogP contribution in [0.4, 0.5) is 17.6 Å². The molecule has 1 aliphatic rings. The van der Waals surface area contributed by atoms with Gasteiger partial charge in [-0.25, -0.2) is 0 Å². The number of rotatable bonds is 2. The fourth-order valence-corrected chi connectivity index (χ4v) is 1.15. The normalized spacial score (nSPS) is 26.2. The number of alkyl halides is 4. The summed E-state index contributed by atoms with van der Waals surface area (Å²) in [4.78, 5) is 10.6. The number of aliphatic carboxylic acids is 1. The first-order valence-electron chi connectivity index (χ1n) is 3.44. The second kappa shape index (κ2) is 2.83. The summed E-state index contributed by atoms with van der Waals surface area (Å²) in [5, 5.41) is 8.18. The SMILES string of the molecule is O=C(O)CN1CC(F)(F)C(F)(F)C1. The van der Waals surface area contributed by atoms with Crippen LogP contribution in [0.5, 0.6) is 0 Å². The van der Waals surface area contributed by atoms with E-state index in [0.29, 0.717) is 4.90 Å². The Hall–Kier alpha value is -0.850. The van der Waals surface area contributed by atoms with Gasteiger partial charge in [-0.15, -0.1) is 0 Å². The zero-order valence-corrected chi connectivity index (χ0v) is 6.44. The van der Waals surface area contributed by atoms with Crippen molar-refractivity contribution < 1.29 is 27.5 Å². The van der Waals surface area contributed by atoms with Crippen molar-refractivity contribution in [1.29, 1.82) is 0 Å². The van der Waals surface area contributed by atoms with Gasteiger partial charge in [0, 0.05) is 0 Å². The highest BCUT2D eigenvalue weighted by atomic mass is 19.3. The minimum atomic E-state index is -4.12. The average molecular weight is 201 g/mol. The summed E-state index contributed by atoms with van der Waals surface area (Å²) in [7, 11) is 0. The van der Waals surface area contributed by atoms with Crippen LogP contribution in [0.1, 0.15) is 0 Å². The van der Waals surface area contributed by atoms with Gasteiger partial charge in [-0.2, -0.15) is 17.6 Å². The third-order valence-electron chi connectivity index (χ3n) is 1.74. The molecule has 0 aromatic heterocycles. The van der Waals surface area contributed by atoms with Crippen molar-refractivity contribution in [1.82, 2.24) is 4.90 Å². The maximum Gasteiger partial charge on any atom is 0.323 e. The number of carboxylic acids is 1. The van der Waals surface area contributed by atoms with Crippen molar-refractivity contribution in [3.63, 3.8) is 0 Å². The van der Waals surface area contributed by atoms with E-state index in [2.05, 4.69) is 0 Å². The summed E-state index contributed by atoms with van der Waals surface area (Å²) < 4.78 is 49.8. The number of carbonyl (C=O) groups is 1. The van der Waals surface area contributed by atoms with Gasteiger partial charge >= 0.3 is 17.8 Å². The van der Waals surface area contributed by atoms with Gasteiger partial charge in [-0.05, 0) is 0 Å². The fourth-order valence-electron chi connectivity index (χ4n) is 1.15. The smallest absolute Gasteiger partial charge is 0.323 e. The number of halogens is 4. The molecule has 0 unspecified atom stereocenters. The minimum absolute atomic E-state index is 0.516. The standard InChI is InChI=1S/C6H7F4NO2/c7-5(8)2-11(1-4(12)13)3-6(5,9)10/h1-3H2,(H,12,13). The Morgan fingerprint density at radius 2 is 1.62 bits per heavy atom. The van der Waals surface area contributed by atoms with Crippen LogP contribution in [0.3, 0.4) is 0 Å². The molecule has 0 aromatic rings. The molecular weight excluding hydrogens is 194 g/mol. The van der Waals surface area contributed by atoms with E-state index in [-0.39, 0.29) is 0 Å². The van der Waals surface area contributed by atoms with Crippen LogP contribution in [0, 0.1) is 0 Å². The number of carboxylic acid groups (broad SMARTS) is 1. The van der Waals surface area contributed by atoms with Crippen molar-refractivity contribution in [2.45, 2.75) is 11.8 Å². The summed E-state index contributed by atoms with van der Waals surface area (Å²) in [6.45, 7) is -3.19. The van der Waals surface area contributed by atoms with E-state index in [1.54, 1.807) is 0 Å². The molecule has 1 saturated heterocycles. The Balaban J connectivity index is 2.65. The predicted octanol–water partition coefficient (Wildman–Crippen LogP) is 0.657. The number of hydrogen-bond donors (Lipinski definition) is 1. The van der Waals surface area contributed by atoms with Crippen LogP contribution >= 0.6 is 0 Å². The van der Waals surface area contributed by atoms with E-state index in [9.17, 15) is 22.4 Å². The second-order valence-corrected chi connectivity index (χ2v) is 2.95. The molecule has 0 aliphatic carbocycles. The van der Waals surface area contributed by atoms with E-state index < -0.39 is 37.4 Å². The Labute approximate surface area is 70.9 Å². The highest BCUT2D eigenvalue weighted by Crippen LogP contribution is 2.40. The Kier molecular flexibility index (Phi) is 2.23. The van der Waals surface area contributed by atoms with Crippen molar-refractivity contribution in [2.75, 3.05) is 19.6 Å². The quantitative estimate of drug-likeness (QED) is 0.667. The topological polar surface area (TPSA) is 40.5 Å². The fraction of sp³-hybridized carbons (Fsp3) is 0.833. The first-order chi connectivity index (χ1) is 5.74. The molecule has 7 heteroatoms. The lowest BCUT2D eigenvalue weighted by Crippen LogP contribution is -2.38. The first kappa shape index (κ1) is 10.2. The lowest BCUT2D eigenvalue weighted by Gasteiger charge is -2.15. The molecule has 1 N–H and O–H groups in total. The second-order valence-electron chi connectivity index (χ2n) is 2.95. The maximum atomic E-state index is 12.4. The lowest BCUT2D eigenvalue weighted by molar-refractivity contribution is -0.172. The van der Waals surface area contributed by atoms with Crippen LogP contribution in [0.2, 0.25) is 0 Å². The lowest BCUT2D eigenvalue weighted by atomic mass is 10.2. The number of nitrogens with zero attached hydrogens (tertiary/aromatic N) is 1. The zero-order valence-electron chi connectivity index (χ0n) is 6.44. The van der Waals surface area contributed by atoms with Crippen molar-refractivity contribution in [2.24, 2.45) is 0 Å². The van der Waals surface area contributed by atoms with Gasteiger partial charge in [0.05, 0.1) is 19.6 Å². The van der Waals surface area contributed by atoms with Crippen molar-refractivity contribution in [3.8, 4) is 0 Å². The molecule has 0 saturated carbocycles. The Morgan fingerprint density at radius 1 is 1.23 bits per heavy atom. The van der Waals surface area contributed by atoms with E-state index in [0.717, 1.165) is 0 Å². The van der Waals surface area contributed by atoms with Gasteiger partial charge < -0.3 is 5.11 Å². The highest BCUT2D eigenvalue weighted by molar-refractivity contribution is 5.69. The highest BCUT2D eigenvalue weighted by Gasteiger charge is 2.62. The van der Waals surface area contributed by atoms with Crippen LogP contribution in [0.15, 0.2) is 0 Å². The molecule has 0 spiro atoms. The molecule has 1 aliphatic heterocycles. The largest absolute Gasteiger partial charge is 0.480 e. The molecule has 0 atom stereocenters. The van der Waals surface area contributed by atoms with Gasteiger partial charge in [0.15, 0.2) is 0 Å². The molecule has 1 fully saturated rings. The molecule has 13 heavy (non-hydrogen) atoms.